The first-order valence-corrected chi connectivity index (χ1v) is 7.29. The zero-order valence-corrected chi connectivity index (χ0v) is 11.4. The maximum Gasteiger partial charge on any atom is 0.185 e. The van der Waals surface area contributed by atoms with Gasteiger partial charge in [-0.3, -0.25) is 0 Å². The van der Waals surface area contributed by atoms with Crippen molar-refractivity contribution in [3.8, 4) is 0 Å². The van der Waals surface area contributed by atoms with Gasteiger partial charge >= 0.3 is 0 Å². The molecule has 1 aliphatic carbocycles. The van der Waals surface area contributed by atoms with Gasteiger partial charge in [-0.1, -0.05) is 25.2 Å². The summed E-state index contributed by atoms with van der Waals surface area (Å²) in [6.45, 7) is 6.69. The number of aliphatic hydroxyl groups excluding tert-OH is 1. The Morgan fingerprint density at radius 2 is 2.06 bits per heavy atom. The van der Waals surface area contributed by atoms with Crippen LogP contribution in [0.1, 0.15) is 49.8 Å². The van der Waals surface area contributed by atoms with Gasteiger partial charge in [-0.05, 0) is 31.1 Å². The summed E-state index contributed by atoms with van der Waals surface area (Å²) in [5, 5.41) is 11.3. The Kier molecular flexibility index (Phi) is 2.67. The lowest BCUT2D eigenvalue weighted by Crippen LogP contribution is -2.24. The van der Waals surface area contributed by atoms with E-state index in [0.29, 0.717) is 0 Å². The Labute approximate surface area is 106 Å². The number of aliphatic hydroxyl groups is 1. The van der Waals surface area contributed by atoms with Crippen LogP contribution in [0.15, 0.2) is 0 Å². The molecule has 1 saturated heterocycles. The number of nitrogens with zero attached hydrogens (tertiary/aromatic N) is 2. The van der Waals surface area contributed by atoms with Gasteiger partial charge in [0.1, 0.15) is 0 Å². The van der Waals surface area contributed by atoms with Crippen LogP contribution in [0.25, 0.3) is 0 Å². The summed E-state index contributed by atoms with van der Waals surface area (Å²) in [4.78, 5) is 8.24. The third-order valence-electron chi connectivity index (χ3n) is 3.79. The lowest BCUT2D eigenvalue weighted by Gasteiger charge is -2.31. The fourth-order valence-corrected chi connectivity index (χ4v) is 4.04. The van der Waals surface area contributed by atoms with Crippen molar-refractivity contribution < 1.29 is 5.11 Å². The molecule has 3 rings (SSSR count). The van der Waals surface area contributed by atoms with E-state index in [9.17, 15) is 5.11 Å². The van der Waals surface area contributed by atoms with Crippen molar-refractivity contribution in [1.29, 1.82) is 0 Å². The summed E-state index contributed by atoms with van der Waals surface area (Å²) in [7, 11) is 0. The van der Waals surface area contributed by atoms with Crippen LogP contribution in [-0.2, 0) is 6.42 Å². The second-order valence-corrected chi connectivity index (χ2v) is 7.07. The van der Waals surface area contributed by atoms with Gasteiger partial charge < -0.3 is 10.0 Å². The molecule has 1 fully saturated rings. The first kappa shape index (κ1) is 11.5. The molecule has 3 nitrogen and oxygen atoms in total. The predicted molar refractivity (Wildman–Crippen MR) is 70.6 cm³/mol. The maximum atomic E-state index is 10.2. The van der Waals surface area contributed by atoms with Crippen LogP contribution in [0.2, 0.25) is 0 Å². The van der Waals surface area contributed by atoms with Gasteiger partial charge in [0.2, 0.25) is 0 Å². The molecule has 0 saturated carbocycles. The Hall–Kier alpha value is -0.610. The number of thiazole rings is 1. The first-order valence-electron chi connectivity index (χ1n) is 6.48. The molecule has 2 heterocycles. The molecule has 1 atom stereocenters. The van der Waals surface area contributed by atoms with Crippen molar-refractivity contribution >= 4 is 16.5 Å². The summed E-state index contributed by atoms with van der Waals surface area (Å²) in [5.41, 5.74) is 1.32. The van der Waals surface area contributed by atoms with Gasteiger partial charge in [-0.2, -0.15) is 0 Å². The summed E-state index contributed by atoms with van der Waals surface area (Å²) in [5.74, 6) is 0. The summed E-state index contributed by atoms with van der Waals surface area (Å²) >= 11 is 1.71. The van der Waals surface area contributed by atoms with Crippen molar-refractivity contribution in [1.82, 2.24) is 4.98 Å². The van der Waals surface area contributed by atoms with Crippen molar-refractivity contribution in [3.63, 3.8) is 0 Å². The van der Waals surface area contributed by atoms with E-state index in [1.807, 2.05) is 0 Å². The van der Waals surface area contributed by atoms with Gasteiger partial charge in [0, 0.05) is 13.1 Å². The molecule has 94 valence electrons. The van der Waals surface area contributed by atoms with Gasteiger partial charge in [-0.25, -0.2) is 4.98 Å². The molecule has 17 heavy (non-hydrogen) atoms. The van der Waals surface area contributed by atoms with E-state index in [4.69, 9.17) is 4.98 Å². The second-order valence-electron chi connectivity index (χ2n) is 6.06. The third kappa shape index (κ3) is 2.08. The fraction of sp³-hybridized carbons (Fsp3) is 0.769. The zero-order chi connectivity index (χ0) is 12.0. The molecule has 2 aliphatic rings. The van der Waals surface area contributed by atoms with Crippen molar-refractivity contribution in [2.45, 2.75) is 45.6 Å². The molecule has 0 bridgehead atoms. The van der Waals surface area contributed by atoms with Crippen LogP contribution in [-0.4, -0.2) is 23.2 Å². The smallest absolute Gasteiger partial charge is 0.185 e. The highest BCUT2D eigenvalue weighted by molar-refractivity contribution is 7.15. The van der Waals surface area contributed by atoms with E-state index >= 15 is 0 Å². The quantitative estimate of drug-likeness (QED) is 0.835. The molecule has 1 N–H and O–H groups in total. The SMILES string of the molecule is CC1(C)Cc2nc(N3CCCC3)sc2C(O)C1. The topological polar surface area (TPSA) is 36.4 Å². The van der Waals surface area contributed by atoms with Crippen molar-refractivity contribution in [3.05, 3.63) is 10.6 Å². The van der Waals surface area contributed by atoms with Gasteiger partial charge in [0.15, 0.2) is 5.13 Å². The molecule has 1 unspecified atom stereocenters. The van der Waals surface area contributed by atoms with E-state index in [0.717, 1.165) is 41.6 Å². The van der Waals surface area contributed by atoms with Gasteiger partial charge in [0.05, 0.1) is 16.7 Å². The second kappa shape index (κ2) is 3.95. The molecule has 4 heteroatoms. The molecule has 0 radical (unpaired) electrons. The molecule has 0 amide bonds. The van der Waals surface area contributed by atoms with Gasteiger partial charge in [-0.15, -0.1) is 0 Å². The average Bonchev–Trinajstić information content (AvgIpc) is 2.81. The highest BCUT2D eigenvalue weighted by Crippen LogP contribution is 2.44. The Balaban J connectivity index is 1.91. The zero-order valence-electron chi connectivity index (χ0n) is 10.6. The normalized spacial score (nSPS) is 27.2. The molecule has 0 spiro atoms. The number of hydrogen-bond acceptors (Lipinski definition) is 4. The van der Waals surface area contributed by atoms with Crippen molar-refractivity contribution in [2.24, 2.45) is 5.41 Å². The standard InChI is InChI=1S/C13H20N2OS/c1-13(2)7-9-11(10(16)8-13)17-12(14-9)15-5-3-4-6-15/h10,16H,3-8H2,1-2H3. The highest BCUT2D eigenvalue weighted by atomic mass is 32.1. The predicted octanol–water partition coefficient (Wildman–Crippen LogP) is 2.75. The van der Waals surface area contributed by atoms with Crippen LogP contribution in [0, 0.1) is 5.41 Å². The highest BCUT2D eigenvalue weighted by Gasteiger charge is 2.34. The Bertz CT molecular complexity index is 421. The fourth-order valence-electron chi connectivity index (χ4n) is 2.92. The largest absolute Gasteiger partial charge is 0.387 e. The number of aromatic nitrogens is 1. The molecule has 0 aromatic carbocycles. The molecule has 1 aromatic heterocycles. The van der Waals surface area contributed by atoms with E-state index in [1.54, 1.807) is 11.3 Å². The minimum atomic E-state index is -0.303. The van der Waals surface area contributed by atoms with E-state index in [-0.39, 0.29) is 11.5 Å². The number of fused-ring (bicyclic) bond motifs is 1. The Morgan fingerprint density at radius 1 is 1.35 bits per heavy atom. The number of rotatable bonds is 1. The van der Waals surface area contributed by atoms with Crippen molar-refractivity contribution in [2.75, 3.05) is 18.0 Å². The minimum absolute atomic E-state index is 0.183. The van der Waals surface area contributed by atoms with E-state index in [1.165, 1.54) is 12.8 Å². The molecular weight excluding hydrogens is 232 g/mol. The lowest BCUT2D eigenvalue weighted by atomic mass is 9.77. The van der Waals surface area contributed by atoms with Crippen LogP contribution >= 0.6 is 11.3 Å². The maximum absolute atomic E-state index is 10.2. The molecule has 1 aromatic rings. The first-order chi connectivity index (χ1) is 8.05. The van der Waals surface area contributed by atoms with E-state index < -0.39 is 0 Å². The minimum Gasteiger partial charge on any atom is -0.387 e. The Morgan fingerprint density at radius 3 is 2.76 bits per heavy atom. The van der Waals surface area contributed by atoms with Gasteiger partial charge in [0.25, 0.3) is 0 Å². The monoisotopic (exact) mass is 252 g/mol. The number of anilines is 1. The third-order valence-corrected chi connectivity index (χ3v) is 5.05. The summed E-state index contributed by atoms with van der Waals surface area (Å²) in [6.07, 6.45) is 4.12. The van der Waals surface area contributed by atoms with E-state index in [2.05, 4.69) is 18.7 Å². The lowest BCUT2D eigenvalue weighted by molar-refractivity contribution is 0.102. The van der Waals surface area contributed by atoms with Crippen LogP contribution in [0.3, 0.4) is 0 Å². The molecular formula is C13H20N2OS. The van der Waals surface area contributed by atoms with Crippen LogP contribution in [0.5, 0.6) is 0 Å². The summed E-state index contributed by atoms with van der Waals surface area (Å²) in [6, 6.07) is 0. The molecule has 1 aliphatic heterocycles. The number of hydrogen-bond donors (Lipinski definition) is 1. The summed E-state index contributed by atoms with van der Waals surface area (Å²) < 4.78 is 0. The van der Waals surface area contributed by atoms with Crippen LogP contribution < -0.4 is 4.90 Å². The average molecular weight is 252 g/mol. The van der Waals surface area contributed by atoms with Crippen LogP contribution in [0.4, 0.5) is 5.13 Å².